The Bertz CT molecular complexity index is 1230. The first-order chi connectivity index (χ1) is 16.8. The van der Waals surface area contributed by atoms with Crippen LogP contribution in [0.1, 0.15) is 30.0 Å². The lowest BCUT2D eigenvalue weighted by Crippen LogP contribution is -2.41. The quantitative estimate of drug-likeness (QED) is 0.298. The van der Waals surface area contributed by atoms with Gasteiger partial charge in [0.2, 0.25) is 5.91 Å². The van der Waals surface area contributed by atoms with Gasteiger partial charge in [-0.2, -0.15) is 11.8 Å². The molecule has 0 aliphatic heterocycles. The van der Waals surface area contributed by atoms with Crippen LogP contribution in [0.5, 0.6) is 0 Å². The predicted octanol–water partition coefficient (Wildman–Crippen LogP) is 5.85. The number of para-hydroxylation sites is 1. The van der Waals surface area contributed by atoms with Crippen LogP contribution in [0.15, 0.2) is 77.7 Å². The molecule has 8 heteroatoms. The van der Waals surface area contributed by atoms with Gasteiger partial charge in [-0.15, -0.1) is 0 Å². The van der Waals surface area contributed by atoms with Crippen molar-refractivity contribution in [2.24, 2.45) is 0 Å². The maximum absolute atomic E-state index is 13.6. The van der Waals surface area contributed by atoms with Gasteiger partial charge in [0, 0.05) is 17.3 Å². The summed E-state index contributed by atoms with van der Waals surface area (Å²) in [7, 11) is -3.92. The van der Waals surface area contributed by atoms with E-state index in [9.17, 15) is 13.2 Å². The second kappa shape index (κ2) is 13.0. The van der Waals surface area contributed by atoms with Crippen LogP contribution in [-0.4, -0.2) is 33.2 Å². The molecule has 35 heavy (non-hydrogen) atoms. The Kier molecular flexibility index (Phi) is 10.1. The predicted molar refractivity (Wildman–Crippen MR) is 147 cm³/mol. The molecule has 0 unspecified atom stereocenters. The average molecular weight is 531 g/mol. The van der Waals surface area contributed by atoms with Crippen molar-refractivity contribution in [3.05, 3.63) is 94.5 Å². The summed E-state index contributed by atoms with van der Waals surface area (Å²) in [5.41, 5.74) is 3.46. The zero-order valence-electron chi connectivity index (χ0n) is 20.0. The Labute approximate surface area is 217 Å². The van der Waals surface area contributed by atoms with Crippen molar-refractivity contribution in [2.75, 3.05) is 23.1 Å². The Balaban J connectivity index is 1.63. The lowest BCUT2D eigenvalue weighted by atomic mass is 10.1. The van der Waals surface area contributed by atoms with E-state index < -0.39 is 10.0 Å². The van der Waals surface area contributed by atoms with Gasteiger partial charge in [0.15, 0.2) is 0 Å². The second-order valence-corrected chi connectivity index (χ2v) is 11.5. The van der Waals surface area contributed by atoms with Crippen LogP contribution in [0.25, 0.3) is 0 Å². The molecule has 0 aliphatic carbocycles. The van der Waals surface area contributed by atoms with Gasteiger partial charge in [-0.05, 0) is 60.9 Å². The number of amides is 1. The number of carbonyl (C=O) groups excluding carboxylic acids is 1. The van der Waals surface area contributed by atoms with E-state index in [0.717, 1.165) is 39.6 Å². The molecule has 0 heterocycles. The average Bonchev–Trinajstić information content (AvgIpc) is 2.86. The summed E-state index contributed by atoms with van der Waals surface area (Å²) >= 11 is 7.94. The monoisotopic (exact) mass is 530 g/mol. The largest absolute Gasteiger partial charge is 0.354 e. The maximum Gasteiger partial charge on any atom is 0.264 e. The highest BCUT2D eigenvalue weighted by atomic mass is 35.5. The van der Waals surface area contributed by atoms with Gasteiger partial charge in [0.25, 0.3) is 10.0 Å². The van der Waals surface area contributed by atoms with Crippen molar-refractivity contribution in [1.82, 2.24) is 5.32 Å². The number of rotatable bonds is 12. The third kappa shape index (κ3) is 7.50. The lowest BCUT2D eigenvalue weighted by molar-refractivity contribution is -0.119. The van der Waals surface area contributed by atoms with Crippen LogP contribution in [0.4, 0.5) is 5.69 Å². The molecule has 3 rings (SSSR count). The molecular formula is C27H31ClN2O3S2. The number of benzene rings is 3. The maximum atomic E-state index is 13.6. The number of anilines is 1. The summed E-state index contributed by atoms with van der Waals surface area (Å²) in [4.78, 5) is 13.0. The molecule has 0 radical (unpaired) electrons. The van der Waals surface area contributed by atoms with Crippen molar-refractivity contribution >= 4 is 45.0 Å². The highest BCUT2D eigenvalue weighted by Gasteiger charge is 2.28. The molecule has 0 aliphatic rings. The van der Waals surface area contributed by atoms with Crippen LogP contribution >= 0.6 is 23.4 Å². The van der Waals surface area contributed by atoms with E-state index in [1.54, 1.807) is 48.2 Å². The highest BCUT2D eigenvalue weighted by molar-refractivity contribution is 7.98. The summed E-state index contributed by atoms with van der Waals surface area (Å²) in [5, 5.41) is 3.64. The third-order valence-corrected chi connectivity index (χ3v) is 8.78. The number of aryl methyl sites for hydroxylation is 2. The number of nitrogens with zero attached hydrogens (tertiary/aromatic N) is 1. The zero-order valence-corrected chi connectivity index (χ0v) is 22.4. The number of hydrogen-bond acceptors (Lipinski definition) is 4. The second-order valence-electron chi connectivity index (χ2n) is 8.15. The number of sulfonamides is 1. The van der Waals surface area contributed by atoms with E-state index in [1.807, 2.05) is 50.2 Å². The minimum atomic E-state index is -3.92. The number of halogens is 1. The fourth-order valence-electron chi connectivity index (χ4n) is 3.58. The van der Waals surface area contributed by atoms with E-state index in [4.69, 9.17) is 11.6 Å². The molecule has 0 spiro atoms. The normalized spacial score (nSPS) is 11.3. The van der Waals surface area contributed by atoms with E-state index in [2.05, 4.69) is 5.32 Å². The number of thioether (sulfide) groups is 1. The van der Waals surface area contributed by atoms with Crippen molar-refractivity contribution in [1.29, 1.82) is 0 Å². The summed E-state index contributed by atoms with van der Waals surface area (Å²) in [6.45, 7) is 4.07. The third-order valence-electron chi connectivity index (χ3n) is 5.54. The van der Waals surface area contributed by atoms with Crippen LogP contribution in [0, 0.1) is 6.92 Å². The first kappa shape index (κ1) is 27.1. The van der Waals surface area contributed by atoms with Gasteiger partial charge >= 0.3 is 0 Å². The number of hydrogen-bond donors (Lipinski definition) is 1. The Hall–Kier alpha value is -2.48. The molecule has 3 aromatic carbocycles. The Morgan fingerprint density at radius 1 is 0.971 bits per heavy atom. The van der Waals surface area contributed by atoms with Crippen LogP contribution in [-0.2, 0) is 27.0 Å². The molecule has 186 valence electrons. The molecule has 0 saturated carbocycles. The molecule has 0 aromatic heterocycles. The van der Waals surface area contributed by atoms with E-state index in [0.29, 0.717) is 18.7 Å². The standard InChI is InChI=1S/C27H31ClN2O3S2/c1-3-22-9-5-7-12-26(22)30(35(32,33)24-15-13-21(2)14-16-24)19-27(31)29-17-8-18-34-20-23-10-4-6-11-25(23)28/h4-7,9-16H,3,8,17-20H2,1-2H3,(H,29,31). The van der Waals surface area contributed by atoms with E-state index in [1.165, 1.54) is 4.31 Å². The van der Waals surface area contributed by atoms with Crippen LogP contribution < -0.4 is 9.62 Å². The first-order valence-corrected chi connectivity index (χ1v) is 14.6. The van der Waals surface area contributed by atoms with Gasteiger partial charge < -0.3 is 5.32 Å². The summed E-state index contributed by atoms with van der Waals surface area (Å²) in [6.07, 6.45) is 1.43. The molecule has 1 amide bonds. The lowest BCUT2D eigenvalue weighted by Gasteiger charge is -2.26. The van der Waals surface area contributed by atoms with Gasteiger partial charge in [0.05, 0.1) is 10.6 Å². The summed E-state index contributed by atoms with van der Waals surface area (Å²) in [5.74, 6) is 1.34. The summed E-state index contributed by atoms with van der Waals surface area (Å²) in [6, 6.07) is 21.8. The van der Waals surface area contributed by atoms with Crippen LogP contribution in [0.2, 0.25) is 5.02 Å². The number of nitrogens with one attached hydrogen (secondary N) is 1. The Morgan fingerprint density at radius 2 is 1.63 bits per heavy atom. The molecular weight excluding hydrogens is 500 g/mol. The fraction of sp³-hybridized carbons (Fsp3) is 0.296. The fourth-order valence-corrected chi connectivity index (χ4v) is 6.28. The molecule has 0 atom stereocenters. The SMILES string of the molecule is CCc1ccccc1N(CC(=O)NCCCSCc1ccccc1Cl)S(=O)(=O)c1ccc(C)cc1. The molecule has 0 bridgehead atoms. The van der Waals surface area contributed by atoms with Crippen molar-refractivity contribution in [2.45, 2.75) is 37.3 Å². The molecule has 5 nitrogen and oxygen atoms in total. The molecule has 0 saturated heterocycles. The van der Waals surface area contributed by atoms with Crippen molar-refractivity contribution < 1.29 is 13.2 Å². The minimum Gasteiger partial charge on any atom is -0.354 e. The molecule has 3 aromatic rings. The Morgan fingerprint density at radius 3 is 2.31 bits per heavy atom. The van der Waals surface area contributed by atoms with Gasteiger partial charge in [-0.25, -0.2) is 8.42 Å². The molecule has 0 fully saturated rings. The zero-order chi connectivity index (χ0) is 25.3. The van der Waals surface area contributed by atoms with Gasteiger partial charge in [0.1, 0.15) is 6.54 Å². The smallest absolute Gasteiger partial charge is 0.264 e. The van der Waals surface area contributed by atoms with Crippen molar-refractivity contribution in [3.8, 4) is 0 Å². The van der Waals surface area contributed by atoms with Gasteiger partial charge in [-0.3, -0.25) is 9.10 Å². The molecule has 1 N–H and O–H groups in total. The van der Waals surface area contributed by atoms with E-state index >= 15 is 0 Å². The summed E-state index contributed by atoms with van der Waals surface area (Å²) < 4.78 is 28.3. The first-order valence-electron chi connectivity index (χ1n) is 11.6. The van der Waals surface area contributed by atoms with Crippen LogP contribution in [0.3, 0.4) is 0 Å². The minimum absolute atomic E-state index is 0.165. The van der Waals surface area contributed by atoms with Gasteiger partial charge in [-0.1, -0.05) is 72.6 Å². The highest BCUT2D eigenvalue weighted by Crippen LogP contribution is 2.27. The topological polar surface area (TPSA) is 66.5 Å². The van der Waals surface area contributed by atoms with E-state index in [-0.39, 0.29) is 17.3 Å². The van der Waals surface area contributed by atoms with Crippen molar-refractivity contribution in [3.63, 3.8) is 0 Å². The number of carbonyl (C=O) groups is 1.